The predicted octanol–water partition coefficient (Wildman–Crippen LogP) is 2.63. The maximum absolute atomic E-state index is 10.5. The molecular formula is C13H17BrO4S. The van der Waals surface area contributed by atoms with Crippen LogP contribution < -0.4 is 9.47 Å². The summed E-state index contributed by atoms with van der Waals surface area (Å²) >= 11 is 5.23. The van der Waals surface area contributed by atoms with Gasteiger partial charge in [-0.25, -0.2) is 0 Å². The first-order valence-electron chi connectivity index (χ1n) is 5.96. The van der Waals surface area contributed by atoms with Crippen molar-refractivity contribution in [1.29, 1.82) is 0 Å². The van der Waals surface area contributed by atoms with Gasteiger partial charge in [0.1, 0.15) is 22.1 Å². The van der Waals surface area contributed by atoms with Crippen LogP contribution in [0.3, 0.4) is 0 Å². The van der Waals surface area contributed by atoms with Crippen molar-refractivity contribution < 1.29 is 19.3 Å². The van der Waals surface area contributed by atoms with Gasteiger partial charge in [-0.05, 0) is 28.1 Å². The third-order valence-electron chi connectivity index (χ3n) is 3.03. The Balaban J connectivity index is 2.30. The number of thioether (sulfide) groups is 1. The van der Waals surface area contributed by atoms with E-state index in [1.165, 1.54) is 0 Å². The highest BCUT2D eigenvalue weighted by Gasteiger charge is 2.28. The number of ether oxygens (including phenoxy) is 3. The van der Waals surface area contributed by atoms with E-state index >= 15 is 0 Å². The maximum Gasteiger partial charge on any atom is 0.142 e. The summed E-state index contributed by atoms with van der Waals surface area (Å²) in [5.74, 6) is 3.03. The molecule has 4 nitrogen and oxygen atoms in total. The SMILES string of the molecule is COc1ccc(C(O)C2CSCCO2)c(OC)c1Br. The van der Waals surface area contributed by atoms with E-state index in [2.05, 4.69) is 15.9 Å². The molecule has 0 radical (unpaired) electrons. The molecular weight excluding hydrogens is 332 g/mol. The number of methoxy groups -OCH3 is 2. The van der Waals surface area contributed by atoms with E-state index in [1.54, 1.807) is 32.0 Å². The van der Waals surface area contributed by atoms with Gasteiger partial charge in [0.25, 0.3) is 0 Å². The lowest BCUT2D eigenvalue weighted by atomic mass is 10.0. The van der Waals surface area contributed by atoms with E-state index in [0.29, 0.717) is 28.1 Å². The monoisotopic (exact) mass is 348 g/mol. The zero-order valence-corrected chi connectivity index (χ0v) is 13.3. The Kier molecular flexibility index (Phi) is 5.38. The Bertz CT molecular complexity index is 435. The average Bonchev–Trinajstić information content (AvgIpc) is 2.47. The molecule has 19 heavy (non-hydrogen) atoms. The highest BCUT2D eigenvalue weighted by Crippen LogP contribution is 2.41. The van der Waals surface area contributed by atoms with E-state index in [-0.39, 0.29) is 6.10 Å². The number of rotatable bonds is 4. The number of aliphatic hydroxyl groups excluding tert-OH is 1. The molecule has 0 aromatic heterocycles. The fourth-order valence-electron chi connectivity index (χ4n) is 2.04. The van der Waals surface area contributed by atoms with Crippen LogP contribution in [0.15, 0.2) is 16.6 Å². The lowest BCUT2D eigenvalue weighted by Crippen LogP contribution is -2.30. The first-order valence-corrected chi connectivity index (χ1v) is 7.91. The van der Waals surface area contributed by atoms with Gasteiger partial charge in [-0.1, -0.05) is 0 Å². The lowest BCUT2D eigenvalue weighted by Gasteiger charge is -2.28. The molecule has 2 rings (SSSR count). The minimum absolute atomic E-state index is 0.201. The molecule has 1 aromatic rings. The first kappa shape index (κ1) is 15.0. The predicted molar refractivity (Wildman–Crippen MR) is 79.3 cm³/mol. The van der Waals surface area contributed by atoms with Crippen LogP contribution in [0.2, 0.25) is 0 Å². The highest BCUT2D eigenvalue weighted by molar-refractivity contribution is 9.10. The second-order valence-electron chi connectivity index (χ2n) is 4.13. The van der Waals surface area contributed by atoms with Crippen LogP contribution in [0.4, 0.5) is 0 Å². The minimum atomic E-state index is -0.704. The van der Waals surface area contributed by atoms with Crippen LogP contribution in [-0.2, 0) is 4.74 Å². The van der Waals surface area contributed by atoms with Gasteiger partial charge >= 0.3 is 0 Å². The van der Waals surface area contributed by atoms with Gasteiger partial charge < -0.3 is 19.3 Å². The van der Waals surface area contributed by atoms with Gasteiger partial charge in [-0.15, -0.1) is 0 Å². The van der Waals surface area contributed by atoms with Crippen LogP contribution in [-0.4, -0.2) is 43.5 Å². The molecule has 2 atom stereocenters. The number of halogens is 1. The molecule has 2 unspecified atom stereocenters. The van der Waals surface area contributed by atoms with E-state index in [9.17, 15) is 5.11 Å². The van der Waals surface area contributed by atoms with E-state index in [4.69, 9.17) is 14.2 Å². The van der Waals surface area contributed by atoms with Crippen molar-refractivity contribution in [2.45, 2.75) is 12.2 Å². The van der Waals surface area contributed by atoms with Gasteiger partial charge in [0.2, 0.25) is 0 Å². The van der Waals surface area contributed by atoms with E-state index < -0.39 is 6.10 Å². The van der Waals surface area contributed by atoms with Gasteiger partial charge in [0.15, 0.2) is 0 Å². The zero-order chi connectivity index (χ0) is 13.8. The molecule has 106 valence electrons. The van der Waals surface area contributed by atoms with Crippen LogP contribution in [0.5, 0.6) is 11.5 Å². The number of hydrogen-bond acceptors (Lipinski definition) is 5. The van der Waals surface area contributed by atoms with Crippen LogP contribution >= 0.6 is 27.7 Å². The van der Waals surface area contributed by atoms with Crippen molar-refractivity contribution in [1.82, 2.24) is 0 Å². The summed E-state index contributed by atoms with van der Waals surface area (Å²) in [6.45, 7) is 0.673. The number of hydrogen-bond donors (Lipinski definition) is 1. The zero-order valence-electron chi connectivity index (χ0n) is 10.9. The van der Waals surface area contributed by atoms with Crippen LogP contribution in [0.25, 0.3) is 0 Å². The van der Waals surface area contributed by atoms with Crippen LogP contribution in [0.1, 0.15) is 11.7 Å². The van der Waals surface area contributed by atoms with Crippen molar-refractivity contribution in [3.8, 4) is 11.5 Å². The summed E-state index contributed by atoms with van der Waals surface area (Å²) in [7, 11) is 3.17. The molecule has 6 heteroatoms. The van der Waals surface area contributed by atoms with Gasteiger partial charge in [-0.3, -0.25) is 0 Å². The van der Waals surface area contributed by atoms with Gasteiger partial charge in [0.05, 0.1) is 26.9 Å². The van der Waals surface area contributed by atoms with Crippen LogP contribution in [0, 0.1) is 0 Å². The summed E-state index contributed by atoms with van der Waals surface area (Å²) in [5.41, 5.74) is 0.711. The lowest BCUT2D eigenvalue weighted by molar-refractivity contribution is -0.0236. The largest absolute Gasteiger partial charge is 0.495 e. The standard InChI is InChI=1S/C13H17BrO4S/c1-16-9-4-3-8(13(17-2)11(9)14)12(15)10-7-19-6-5-18-10/h3-4,10,12,15H,5-7H2,1-2H3. The van der Waals surface area contributed by atoms with Crippen molar-refractivity contribution >= 4 is 27.7 Å². The van der Waals surface area contributed by atoms with Gasteiger partial charge in [-0.2, -0.15) is 11.8 Å². The third kappa shape index (κ3) is 3.18. The maximum atomic E-state index is 10.5. The second-order valence-corrected chi connectivity index (χ2v) is 6.08. The number of benzene rings is 1. The second kappa shape index (κ2) is 6.83. The summed E-state index contributed by atoms with van der Waals surface area (Å²) in [4.78, 5) is 0. The normalized spacial score (nSPS) is 20.9. The highest BCUT2D eigenvalue weighted by atomic mass is 79.9. The molecule has 0 amide bonds. The van der Waals surface area contributed by atoms with Crippen molar-refractivity contribution in [3.05, 3.63) is 22.2 Å². The molecule has 1 saturated heterocycles. The van der Waals surface area contributed by atoms with Crippen molar-refractivity contribution in [2.75, 3.05) is 32.3 Å². The molecule has 0 saturated carbocycles. The molecule has 1 aromatic carbocycles. The molecule has 0 aliphatic carbocycles. The van der Waals surface area contributed by atoms with Gasteiger partial charge in [0, 0.05) is 17.1 Å². The Labute approximate surface area is 125 Å². The topological polar surface area (TPSA) is 47.9 Å². The third-order valence-corrected chi connectivity index (χ3v) is 4.80. The Morgan fingerprint density at radius 1 is 1.42 bits per heavy atom. The van der Waals surface area contributed by atoms with Crippen molar-refractivity contribution in [3.63, 3.8) is 0 Å². The van der Waals surface area contributed by atoms with E-state index in [1.807, 2.05) is 6.07 Å². The Hall–Kier alpha value is -0.430. The molecule has 1 N–H and O–H groups in total. The molecule has 1 heterocycles. The molecule has 1 aliphatic heterocycles. The molecule has 0 bridgehead atoms. The summed E-state index contributed by atoms with van der Waals surface area (Å²) < 4.78 is 16.9. The molecule has 1 fully saturated rings. The Morgan fingerprint density at radius 3 is 2.79 bits per heavy atom. The summed E-state index contributed by atoms with van der Waals surface area (Å²) in [6, 6.07) is 3.62. The average molecular weight is 349 g/mol. The Morgan fingerprint density at radius 2 is 2.21 bits per heavy atom. The minimum Gasteiger partial charge on any atom is -0.495 e. The fraction of sp³-hybridized carbons (Fsp3) is 0.538. The first-order chi connectivity index (χ1) is 9.19. The van der Waals surface area contributed by atoms with E-state index in [0.717, 1.165) is 11.5 Å². The quantitative estimate of drug-likeness (QED) is 0.906. The molecule has 1 aliphatic rings. The summed E-state index contributed by atoms with van der Waals surface area (Å²) in [6.07, 6.45) is -0.905. The fourth-order valence-corrected chi connectivity index (χ4v) is 3.62. The van der Waals surface area contributed by atoms with Crippen molar-refractivity contribution in [2.24, 2.45) is 0 Å². The smallest absolute Gasteiger partial charge is 0.142 e. The summed E-state index contributed by atoms with van der Waals surface area (Å²) in [5, 5.41) is 10.5. The molecule has 0 spiro atoms. The number of aliphatic hydroxyl groups is 1.